The van der Waals surface area contributed by atoms with Crippen LogP contribution in [0.5, 0.6) is 0 Å². The van der Waals surface area contributed by atoms with Gasteiger partial charge in [0.25, 0.3) is 0 Å². The molecule has 0 unspecified atom stereocenters. The molecule has 0 N–H and O–H groups in total. The van der Waals surface area contributed by atoms with Gasteiger partial charge in [-0.1, -0.05) is 19.3 Å². The quantitative estimate of drug-likeness (QED) is 0.733. The van der Waals surface area contributed by atoms with E-state index in [1.54, 1.807) is 0 Å². The van der Waals surface area contributed by atoms with Crippen molar-refractivity contribution in [3.63, 3.8) is 0 Å². The average molecular weight is 311 g/mol. The van der Waals surface area contributed by atoms with Gasteiger partial charge in [0.2, 0.25) is 9.05 Å². The van der Waals surface area contributed by atoms with Gasteiger partial charge >= 0.3 is 0 Å². The third kappa shape index (κ3) is 5.21. The molecule has 1 aliphatic carbocycles. The molecule has 0 aromatic carbocycles. The summed E-state index contributed by atoms with van der Waals surface area (Å²) in [6.07, 6.45) is 7.64. The van der Waals surface area contributed by atoms with E-state index in [1.807, 2.05) is 0 Å². The van der Waals surface area contributed by atoms with Crippen LogP contribution in [0.4, 0.5) is 0 Å². The minimum Gasteiger partial charge on any atom is -0.381 e. The predicted octanol–water partition coefficient (Wildman–Crippen LogP) is 2.70. The average Bonchev–Trinajstić information content (AvgIpc) is 2.37. The molecule has 0 spiro atoms. The second-order valence-electron chi connectivity index (χ2n) is 5.87. The normalized spacial score (nSPS) is 25.3. The van der Waals surface area contributed by atoms with Crippen molar-refractivity contribution in [1.29, 1.82) is 0 Å². The Morgan fingerprint density at radius 2 is 1.79 bits per heavy atom. The summed E-state index contributed by atoms with van der Waals surface area (Å²) in [7, 11) is 1.95. The van der Waals surface area contributed by atoms with Gasteiger partial charge in [0.05, 0.1) is 18.5 Å². The van der Waals surface area contributed by atoms with Crippen molar-refractivity contribution in [2.24, 2.45) is 5.41 Å². The topological polar surface area (TPSA) is 52.6 Å². The SMILES string of the molecule is O=S(=O)(Cl)CC1(COC2CCCCC2)CCOCC1. The van der Waals surface area contributed by atoms with Crippen molar-refractivity contribution in [1.82, 2.24) is 0 Å². The second-order valence-corrected chi connectivity index (χ2v) is 8.64. The lowest BCUT2D eigenvalue weighted by Crippen LogP contribution is -2.40. The van der Waals surface area contributed by atoms with Gasteiger partial charge in [0.1, 0.15) is 0 Å². The summed E-state index contributed by atoms with van der Waals surface area (Å²) in [5.41, 5.74) is -0.351. The Morgan fingerprint density at radius 3 is 2.37 bits per heavy atom. The maximum atomic E-state index is 11.4. The molecule has 0 radical (unpaired) electrons. The van der Waals surface area contributed by atoms with Crippen molar-refractivity contribution >= 4 is 19.7 Å². The van der Waals surface area contributed by atoms with E-state index in [9.17, 15) is 8.42 Å². The summed E-state index contributed by atoms with van der Waals surface area (Å²) in [6, 6.07) is 0. The fourth-order valence-corrected chi connectivity index (χ4v) is 4.82. The second kappa shape index (κ2) is 6.74. The summed E-state index contributed by atoms with van der Waals surface area (Å²) < 4.78 is 34.2. The molecule has 0 amide bonds. The van der Waals surface area contributed by atoms with E-state index in [4.69, 9.17) is 20.2 Å². The highest BCUT2D eigenvalue weighted by atomic mass is 35.7. The van der Waals surface area contributed by atoms with E-state index < -0.39 is 9.05 Å². The van der Waals surface area contributed by atoms with Crippen LogP contribution in [0.3, 0.4) is 0 Å². The summed E-state index contributed by atoms with van der Waals surface area (Å²) in [5.74, 6) is -0.00235. The van der Waals surface area contributed by atoms with Crippen LogP contribution in [0.1, 0.15) is 44.9 Å². The first kappa shape index (κ1) is 15.5. The molecule has 2 fully saturated rings. The van der Waals surface area contributed by atoms with Crippen molar-refractivity contribution in [3.05, 3.63) is 0 Å². The number of halogens is 1. The van der Waals surface area contributed by atoms with Gasteiger partial charge in [0.15, 0.2) is 0 Å². The highest BCUT2D eigenvalue weighted by molar-refractivity contribution is 8.13. The van der Waals surface area contributed by atoms with Crippen molar-refractivity contribution in [3.8, 4) is 0 Å². The largest absolute Gasteiger partial charge is 0.381 e. The molecule has 0 bridgehead atoms. The Bertz CT molecular complexity index is 370. The highest BCUT2D eigenvalue weighted by Gasteiger charge is 2.37. The zero-order valence-corrected chi connectivity index (χ0v) is 12.8. The van der Waals surface area contributed by atoms with Crippen LogP contribution < -0.4 is 0 Å². The minimum absolute atomic E-state index is 0.00235. The Balaban J connectivity index is 1.93. The molecule has 0 aromatic rings. The van der Waals surface area contributed by atoms with Gasteiger partial charge in [-0.3, -0.25) is 0 Å². The minimum atomic E-state index is -3.50. The zero-order valence-electron chi connectivity index (χ0n) is 11.3. The fourth-order valence-electron chi connectivity index (χ4n) is 3.03. The van der Waals surface area contributed by atoms with Crippen molar-refractivity contribution in [2.45, 2.75) is 51.0 Å². The molecule has 19 heavy (non-hydrogen) atoms. The molecule has 1 aliphatic heterocycles. The van der Waals surface area contributed by atoms with Crippen LogP contribution in [-0.4, -0.2) is 40.1 Å². The lowest BCUT2D eigenvalue weighted by Gasteiger charge is -2.37. The standard InChI is InChI=1S/C13H23ClO4S/c14-19(15,16)11-13(6-8-17-9-7-13)10-18-12-4-2-1-3-5-12/h12H,1-11H2. The van der Waals surface area contributed by atoms with E-state index in [2.05, 4.69) is 0 Å². The molecule has 1 heterocycles. The van der Waals surface area contributed by atoms with Gasteiger partial charge in [-0.25, -0.2) is 8.42 Å². The van der Waals surface area contributed by atoms with E-state index >= 15 is 0 Å². The molecule has 1 saturated heterocycles. The summed E-state index contributed by atoms with van der Waals surface area (Å²) in [5, 5.41) is 0. The molecule has 2 aliphatic rings. The van der Waals surface area contributed by atoms with Crippen LogP contribution in [0.25, 0.3) is 0 Å². The Kier molecular flexibility index (Phi) is 5.52. The molecule has 1 saturated carbocycles. The lowest BCUT2D eigenvalue weighted by atomic mass is 9.83. The molecule has 6 heteroatoms. The number of rotatable bonds is 5. The van der Waals surface area contributed by atoms with Crippen LogP contribution in [-0.2, 0) is 18.5 Å². The highest BCUT2D eigenvalue weighted by Crippen LogP contribution is 2.35. The van der Waals surface area contributed by atoms with Crippen LogP contribution in [0.2, 0.25) is 0 Å². The first-order valence-electron chi connectivity index (χ1n) is 7.11. The molecular weight excluding hydrogens is 288 g/mol. The Morgan fingerprint density at radius 1 is 1.16 bits per heavy atom. The Labute approximate surface area is 120 Å². The van der Waals surface area contributed by atoms with Crippen molar-refractivity contribution in [2.75, 3.05) is 25.6 Å². The van der Waals surface area contributed by atoms with Gasteiger partial charge in [-0.05, 0) is 25.7 Å². The molecule has 0 aromatic heterocycles. The van der Waals surface area contributed by atoms with Gasteiger partial charge < -0.3 is 9.47 Å². The zero-order chi connectivity index (χ0) is 13.8. The molecule has 2 rings (SSSR count). The lowest BCUT2D eigenvalue weighted by molar-refractivity contribution is -0.0611. The molecule has 4 nitrogen and oxygen atoms in total. The van der Waals surface area contributed by atoms with E-state index in [1.165, 1.54) is 19.3 Å². The van der Waals surface area contributed by atoms with Crippen LogP contribution in [0.15, 0.2) is 0 Å². The van der Waals surface area contributed by atoms with E-state index in [-0.39, 0.29) is 11.2 Å². The van der Waals surface area contributed by atoms with Gasteiger partial charge in [-0.15, -0.1) is 0 Å². The molecule has 0 atom stereocenters. The third-order valence-electron chi connectivity index (χ3n) is 4.21. The Hall–Kier alpha value is 0.160. The number of hydrogen-bond donors (Lipinski definition) is 0. The fraction of sp³-hybridized carbons (Fsp3) is 1.00. The van der Waals surface area contributed by atoms with E-state index in [0.29, 0.717) is 38.8 Å². The van der Waals surface area contributed by atoms with E-state index in [0.717, 1.165) is 12.8 Å². The summed E-state index contributed by atoms with van der Waals surface area (Å²) >= 11 is 0. The van der Waals surface area contributed by atoms with Crippen LogP contribution >= 0.6 is 10.7 Å². The first-order chi connectivity index (χ1) is 8.99. The number of hydrogen-bond acceptors (Lipinski definition) is 4. The third-order valence-corrected chi connectivity index (χ3v) is 5.49. The van der Waals surface area contributed by atoms with Crippen LogP contribution in [0, 0.1) is 5.41 Å². The maximum absolute atomic E-state index is 11.4. The van der Waals surface area contributed by atoms with Crippen molar-refractivity contribution < 1.29 is 17.9 Å². The molecule has 112 valence electrons. The maximum Gasteiger partial charge on any atom is 0.233 e. The first-order valence-corrected chi connectivity index (χ1v) is 9.59. The van der Waals surface area contributed by atoms with Gasteiger partial charge in [-0.2, -0.15) is 0 Å². The molecular formula is C13H23ClO4S. The smallest absolute Gasteiger partial charge is 0.233 e. The number of ether oxygens (including phenoxy) is 2. The van der Waals surface area contributed by atoms with Gasteiger partial charge in [0, 0.05) is 29.3 Å². The predicted molar refractivity (Wildman–Crippen MR) is 75.0 cm³/mol. The monoisotopic (exact) mass is 310 g/mol. The summed E-state index contributed by atoms with van der Waals surface area (Å²) in [6.45, 7) is 1.69. The summed E-state index contributed by atoms with van der Waals surface area (Å²) in [4.78, 5) is 0.